The third kappa shape index (κ3) is 2.22. The van der Waals surface area contributed by atoms with Crippen molar-refractivity contribution in [3.8, 4) is 11.5 Å². The van der Waals surface area contributed by atoms with Crippen LogP contribution in [0.2, 0.25) is 0 Å². The zero-order valence-corrected chi connectivity index (χ0v) is 12.1. The zero-order chi connectivity index (χ0) is 14.8. The monoisotopic (exact) mass is 280 g/mol. The number of carbonyl (C=O) groups is 1. The van der Waals surface area contributed by atoms with Crippen molar-refractivity contribution in [2.24, 2.45) is 0 Å². The van der Waals surface area contributed by atoms with Crippen molar-refractivity contribution >= 4 is 5.97 Å². The highest BCUT2D eigenvalue weighted by Gasteiger charge is 2.46. The number of carboxylic acids is 1. The van der Waals surface area contributed by atoms with E-state index in [2.05, 4.69) is 0 Å². The number of hydrogen-bond donors (Lipinski definition) is 1. The molecule has 1 saturated carbocycles. The second kappa shape index (κ2) is 5.71. The van der Waals surface area contributed by atoms with Gasteiger partial charge >= 0.3 is 5.97 Å². The van der Waals surface area contributed by atoms with Crippen LogP contribution in [-0.4, -0.2) is 32.4 Å². The fourth-order valence-corrected chi connectivity index (χ4v) is 2.74. The molecule has 110 valence electrons. The second-order valence-electron chi connectivity index (χ2n) is 5.04. The van der Waals surface area contributed by atoms with Gasteiger partial charge in [0, 0.05) is 12.7 Å². The van der Waals surface area contributed by atoms with Gasteiger partial charge in [-0.3, -0.25) is 4.79 Å². The fourth-order valence-electron chi connectivity index (χ4n) is 2.74. The number of ether oxygens (including phenoxy) is 3. The van der Waals surface area contributed by atoms with Crippen LogP contribution >= 0.6 is 0 Å². The van der Waals surface area contributed by atoms with Crippen molar-refractivity contribution in [1.29, 1.82) is 0 Å². The number of aliphatic carboxylic acids is 1. The number of methoxy groups -OCH3 is 3. The Labute approximate surface area is 118 Å². The third-order valence-electron chi connectivity index (χ3n) is 4.02. The lowest BCUT2D eigenvalue weighted by Crippen LogP contribution is -2.42. The molecule has 1 aromatic rings. The smallest absolute Gasteiger partial charge is 0.314 e. The first-order chi connectivity index (χ1) is 9.58. The van der Waals surface area contributed by atoms with E-state index in [9.17, 15) is 9.90 Å². The van der Waals surface area contributed by atoms with Crippen molar-refractivity contribution in [3.05, 3.63) is 23.3 Å². The fraction of sp³-hybridized carbons (Fsp3) is 0.533. The van der Waals surface area contributed by atoms with Gasteiger partial charge < -0.3 is 19.3 Å². The summed E-state index contributed by atoms with van der Waals surface area (Å²) in [6, 6.07) is 3.63. The summed E-state index contributed by atoms with van der Waals surface area (Å²) in [4.78, 5) is 11.6. The molecule has 20 heavy (non-hydrogen) atoms. The Morgan fingerprint density at radius 1 is 1.25 bits per heavy atom. The van der Waals surface area contributed by atoms with Gasteiger partial charge in [-0.15, -0.1) is 0 Å². The van der Waals surface area contributed by atoms with E-state index in [0.717, 1.165) is 17.5 Å². The van der Waals surface area contributed by atoms with Crippen LogP contribution in [0.5, 0.6) is 11.5 Å². The summed E-state index contributed by atoms with van der Waals surface area (Å²) in [6.45, 7) is 0.350. The van der Waals surface area contributed by atoms with Crippen molar-refractivity contribution in [2.45, 2.75) is 31.3 Å². The first kappa shape index (κ1) is 14.7. The van der Waals surface area contributed by atoms with E-state index >= 15 is 0 Å². The Bertz CT molecular complexity index is 505. The largest absolute Gasteiger partial charge is 0.493 e. The molecule has 1 fully saturated rings. The summed E-state index contributed by atoms with van der Waals surface area (Å²) in [7, 11) is 4.70. The Kier molecular flexibility index (Phi) is 4.18. The number of hydrogen-bond acceptors (Lipinski definition) is 4. The average Bonchev–Trinajstić information content (AvgIpc) is 2.36. The Hall–Kier alpha value is -1.75. The zero-order valence-electron chi connectivity index (χ0n) is 12.1. The van der Waals surface area contributed by atoms with E-state index in [4.69, 9.17) is 14.2 Å². The molecule has 0 heterocycles. The van der Waals surface area contributed by atoms with E-state index in [-0.39, 0.29) is 0 Å². The predicted molar refractivity (Wildman–Crippen MR) is 73.4 cm³/mol. The molecule has 0 saturated heterocycles. The molecular formula is C15H20O5. The first-order valence-corrected chi connectivity index (χ1v) is 6.56. The number of benzene rings is 1. The molecule has 0 radical (unpaired) electrons. The molecule has 1 aromatic carbocycles. The van der Waals surface area contributed by atoms with Crippen LogP contribution in [0.4, 0.5) is 0 Å². The van der Waals surface area contributed by atoms with E-state index in [1.54, 1.807) is 27.4 Å². The second-order valence-corrected chi connectivity index (χ2v) is 5.04. The van der Waals surface area contributed by atoms with Gasteiger partial charge in [-0.25, -0.2) is 0 Å². The molecule has 0 atom stereocenters. The minimum atomic E-state index is -0.790. The molecule has 0 spiro atoms. The Morgan fingerprint density at radius 2 is 1.95 bits per heavy atom. The van der Waals surface area contributed by atoms with Gasteiger partial charge in [-0.1, -0.05) is 6.42 Å². The molecule has 0 amide bonds. The van der Waals surface area contributed by atoms with E-state index in [1.165, 1.54) is 0 Å². The Morgan fingerprint density at radius 3 is 2.35 bits per heavy atom. The summed E-state index contributed by atoms with van der Waals surface area (Å²) in [5, 5.41) is 9.54. The SMILES string of the molecule is COCc1cc(C2(C(=O)O)CCC2)cc(OC)c1OC. The maximum atomic E-state index is 11.6. The van der Waals surface area contributed by atoms with Crippen molar-refractivity contribution in [2.75, 3.05) is 21.3 Å². The van der Waals surface area contributed by atoms with Crippen LogP contribution in [0.25, 0.3) is 0 Å². The van der Waals surface area contributed by atoms with Crippen LogP contribution in [0.1, 0.15) is 30.4 Å². The summed E-state index contributed by atoms with van der Waals surface area (Å²) in [6.07, 6.45) is 2.24. The number of carboxylic acid groups (broad SMARTS) is 1. The predicted octanol–water partition coefficient (Wildman–Crippen LogP) is 2.36. The van der Waals surface area contributed by atoms with Crippen molar-refractivity contribution in [1.82, 2.24) is 0 Å². The normalized spacial score (nSPS) is 16.4. The van der Waals surface area contributed by atoms with Gasteiger partial charge in [0.1, 0.15) is 0 Å². The van der Waals surface area contributed by atoms with Gasteiger partial charge in [0.2, 0.25) is 0 Å². The van der Waals surface area contributed by atoms with Crippen LogP contribution < -0.4 is 9.47 Å². The Balaban J connectivity index is 2.54. The molecule has 5 heteroatoms. The highest BCUT2D eigenvalue weighted by molar-refractivity contribution is 5.83. The summed E-state index contributed by atoms with van der Waals surface area (Å²) in [5.74, 6) is 0.363. The highest BCUT2D eigenvalue weighted by Crippen LogP contribution is 2.47. The quantitative estimate of drug-likeness (QED) is 0.866. The van der Waals surface area contributed by atoms with Gasteiger partial charge in [-0.2, -0.15) is 0 Å². The lowest BCUT2D eigenvalue weighted by molar-refractivity contribution is -0.147. The molecule has 1 aliphatic rings. The summed E-state index contributed by atoms with van der Waals surface area (Å²) >= 11 is 0. The lowest BCUT2D eigenvalue weighted by Gasteiger charge is -2.38. The summed E-state index contributed by atoms with van der Waals surface area (Å²) in [5.41, 5.74) is 0.778. The molecule has 1 aliphatic carbocycles. The minimum Gasteiger partial charge on any atom is -0.493 e. The molecule has 0 unspecified atom stereocenters. The van der Waals surface area contributed by atoms with Crippen molar-refractivity contribution in [3.63, 3.8) is 0 Å². The van der Waals surface area contributed by atoms with Gasteiger partial charge in [0.15, 0.2) is 11.5 Å². The maximum Gasteiger partial charge on any atom is 0.314 e. The first-order valence-electron chi connectivity index (χ1n) is 6.56. The highest BCUT2D eigenvalue weighted by atomic mass is 16.5. The van der Waals surface area contributed by atoms with E-state index in [1.807, 2.05) is 6.07 Å². The molecule has 0 aromatic heterocycles. The standard InChI is InChI=1S/C15H20O5/c1-18-9-10-7-11(8-12(19-2)13(10)20-3)15(14(16)17)5-4-6-15/h7-8H,4-6,9H2,1-3H3,(H,16,17). The molecule has 5 nitrogen and oxygen atoms in total. The summed E-state index contributed by atoms with van der Waals surface area (Å²) < 4.78 is 15.8. The topological polar surface area (TPSA) is 65.0 Å². The lowest BCUT2D eigenvalue weighted by atomic mass is 9.64. The molecular weight excluding hydrogens is 260 g/mol. The van der Waals surface area contributed by atoms with Gasteiger partial charge in [0.05, 0.1) is 26.2 Å². The van der Waals surface area contributed by atoms with Crippen molar-refractivity contribution < 1.29 is 24.1 Å². The minimum absolute atomic E-state index is 0.350. The molecule has 0 aliphatic heterocycles. The maximum absolute atomic E-state index is 11.6. The van der Waals surface area contributed by atoms with Gasteiger partial charge in [0.25, 0.3) is 0 Å². The van der Waals surface area contributed by atoms with Crippen LogP contribution in [-0.2, 0) is 21.6 Å². The van der Waals surface area contributed by atoms with Crippen LogP contribution in [0.3, 0.4) is 0 Å². The average molecular weight is 280 g/mol. The number of rotatable bonds is 6. The molecule has 0 bridgehead atoms. The van der Waals surface area contributed by atoms with E-state index in [0.29, 0.717) is 30.9 Å². The molecule has 2 rings (SSSR count). The molecule has 1 N–H and O–H groups in total. The van der Waals surface area contributed by atoms with E-state index < -0.39 is 11.4 Å². The van der Waals surface area contributed by atoms with Gasteiger partial charge in [-0.05, 0) is 30.5 Å². The van der Waals surface area contributed by atoms with Crippen LogP contribution in [0.15, 0.2) is 12.1 Å². The van der Waals surface area contributed by atoms with Crippen LogP contribution in [0, 0.1) is 0 Å². The third-order valence-corrected chi connectivity index (χ3v) is 4.02.